The molecule has 27 heavy (non-hydrogen) atoms. The quantitative estimate of drug-likeness (QED) is 0.492. The van der Waals surface area contributed by atoms with E-state index in [4.69, 9.17) is 0 Å². The minimum Gasteiger partial charge on any atom is -1.00 e. The van der Waals surface area contributed by atoms with Gasteiger partial charge in [-0.3, -0.25) is 0 Å². The Hall–Kier alpha value is -0.747. The third-order valence-electron chi connectivity index (χ3n) is 6.13. The molecular weight excluding hydrogens is 450 g/mol. The van der Waals surface area contributed by atoms with Crippen molar-refractivity contribution in [3.63, 3.8) is 0 Å². The summed E-state index contributed by atoms with van der Waals surface area (Å²) in [5.74, 6) is 0. The molecule has 0 amide bonds. The largest absolute Gasteiger partial charge is 3.00 e. The monoisotopic (exact) mass is 471 g/mol. The van der Waals surface area contributed by atoms with Crippen molar-refractivity contribution in [2.75, 3.05) is 0 Å². The maximum absolute atomic E-state index is 2.51. The number of allylic oxidation sites excluding steroid dienone is 4. The summed E-state index contributed by atoms with van der Waals surface area (Å²) in [4.78, 5) is 0. The number of rotatable bonds is 3. The Morgan fingerprint density at radius 2 is 1.67 bits per heavy atom. The Labute approximate surface area is 193 Å². The van der Waals surface area contributed by atoms with Gasteiger partial charge in [0, 0.05) is 0 Å². The van der Waals surface area contributed by atoms with Crippen LogP contribution in [0.4, 0.5) is 0 Å². The van der Waals surface area contributed by atoms with Crippen LogP contribution >= 0.6 is 0 Å². The molecular formula is C24H23Cl2Zr. The molecule has 2 aliphatic carbocycles. The van der Waals surface area contributed by atoms with Crippen LogP contribution in [0, 0.1) is 0 Å². The van der Waals surface area contributed by atoms with Crippen molar-refractivity contribution >= 4 is 27.1 Å². The molecule has 0 aliphatic heterocycles. The number of hydrogen-bond acceptors (Lipinski definition) is 0. The van der Waals surface area contributed by atoms with E-state index in [9.17, 15) is 0 Å². The molecule has 3 heteroatoms. The van der Waals surface area contributed by atoms with Crippen molar-refractivity contribution in [2.45, 2.75) is 46.0 Å². The van der Waals surface area contributed by atoms with Crippen molar-refractivity contribution in [1.29, 1.82) is 0 Å². The molecule has 0 saturated heterocycles. The first-order valence-corrected chi connectivity index (χ1v) is 9.36. The summed E-state index contributed by atoms with van der Waals surface area (Å²) in [6, 6.07) is 13.8. The van der Waals surface area contributed by atoms with Gasteiger partial charge in [0.15, 0.2) is 0 Å². The average Bonchev–Trinajstić information content (AvgIpc) is 3.14. The molecule has 0 nitrogen and oxygen atoms in total. The predicted molar refractivity (Wildman–Crippen MR) is 105 cm³/mol. The first kappa shape index (κ1) is 22.5. The fourth-order valence-corrected chi connectivity index (χ4v) is 4.86. The summed E-state index contributed by atoms with van der Waals surface area (Å²) in [7, 11) is 0. The first-order chi connectivity index (χ1) is 11.8. The first-order valence-electron chi connectivity index (χ1n) is 9.36. The molecule has 0 fully saturated rings. The van der Waals surface area contributed by atoms with E-state index in [1.165, 1.54) is 34.4 Å². The summed E-state index contributed by atoms with van der Waals surface area (Å²) in [6.45, 7) is 4.60. The summed E-state index contributed by atoms with van der Waals surface area (Å²) >= 11 is 0. The van der Waals surface area contributed by atoms with E-state index in [-0.39, 0.29) is 51.0 Å². The molecule has 0 heterocycles. The van der Waals surface area contributed by atoms with Gasteiger partial charge in [-0.2, -0.15) is 0 Å². The van der Waals surface area contributed by atoms with Gasteiger partial charge in [-0.25, -0.2) is 0 Å². The summed E-state index contributed by atoms with van der Waals surface area (Å²) in [5.41, 5.74) is 9.60. The molecule has 0 aromatic heterocycles. The van der Waals surface area contributed by atoms with Gasteiger partial charge in [-0.05, 0) is 48.0 Å². The topological polar surface area (TPSA) is 0 Å². The van der Waals surface area contributed by atoms with Crippen LogP contribution in [0.3, 0.4) is 0 Å². The van der Waals surface area contributed by atoms with Gasteiger partial charge < -0.3 is 24.8 Å². The van der Waals surface area contributed by atoms with Gasteiger partial charge >= 0.3 is 26.2 Å². The van der Waals surface area contributed by atoms with E-state index in [0.717, 1.165) is 19.3 Å². The molecule has 0 N–H and O–H groups in total. The fourth-order valence-electron chi connectivity index (χ4n) is 4.86. The van der Waals surface area contributed by atoms with Crippen LogP contribution in [0.2, 0.25) is 0 Å². The normalized spacial score (nSPS) is 14.8. The molecule has 0 atom stereocenters. The van der Waals surface area contributed by atoms with Crippen molar-refractivity contribution in [2.24, 2.45) is 0 Å². The smallest absolute Gasteiger partial charge is 1.00 e. The number of aryl methyl sites for hydroxylation is 1. The van der Waals surface area contributed by atoms with Crippen LogP contribution in [-0.4, -0.2) is 0 Å². The van der Waals surface area contributed by atoms with Crippen molar-refractivity contribution in [1.82, 2.24) is 0 Å². The minimum atomic E-state index is 0. The Morgan fingerprint density at radius 3 is 2.33 bits per heavy atom. The van der Waals surface area contributed by atoms with E-state index in [1.807, 2.05) is 0 Å². The van der Waals surface area contributed by atoms with Crippen LogP contribution in [0.5, 0.6) is 0 Å². The second-order valence-corrected chi connectivity index (χ2v) is 7.17. The Bertz CT molecular complexity index is 1050. The van der Waals surface area contributed by atoms with Crippen LogP contribution in [0.25, 0.3) is 27.1 Å². The van der Waals surface area contributed by atoms with Crippen LogP contribution < -0.4 is 24.8 Å². The molecule has 1 radical (unpaired) electrons. The molecule has 0 saturated carbocycles. The van der Waals surface area contributed by atoms with Crippen LogP contribution in [0.15, 0.2) is 53.6 Å². The minimum absolute atomic E-state index is 0. The zero-order chi connectivity index (χ0) is 16.3. The summed E-state index contributed by atoms with van der Waals surface area (Å²) in [6.07, 6.45) is 8.42. The molecule has 2 aliphatic rings. The predicted octanol–water partition coefficient (Wildman–Crippen LogP) is 0.720. The van der Waals surface area contributed by atoms with E-state index in [2.05, 4.69) is 56.3 Å². The second kappa shape index (κ2) is 8.73. The van der Waals surface area contributed by atoms with Crippen molar-refractivity contribution < 1.29 is 51.0 Å². The molecule has 137 valence electrons. The fraction of sp³-hybridized carbons (Fsp3) is 0.292. The SMILES string of the molecule is CCC1=CCC(c2cc3c([cH-]c4ccccc43)c3c2CC3)=C1CC.[Cl-].[Cl-].[Zr+3]. The number of fused-ring (bicyclic) bond motifs is 5. The summed E-state index contributed by atoms with van der Waals surface area (Å²) in [5, 5.41) is 5.78. The zero-order valence-electron chi connectivity index (χ0n) is 15.8. The van der Waals surface area contributed by atoms with E-state index in [1.54, 1.807) is 33.4 Å². The van der Waals surface area contributed by atoms with Gasteiger partial charge in [-0.1, -0.05) is 56.2 Å². The van der Waals surface area contributed by atoms with Gasteiger partial charge in [-0.15, -0.1) is 39.2 Å². The maximum atomic E-state index is 2.51. The van der Waals surface area contributed by atoms with Crippen molar-refractivity contribution in [3.8, 4) is 0 Å². The van der Waals surface area contributed by atoms with Gasteiger partial charge in [0.1, 0.15) is 0 Å². The van der Waals surface area contributed by atoms with Crippen LogP contribution in [-0.2, 0) is 39.0 Å². The third kappa shape index (κ3) is 3.31. The van der Waals surface area contributed by atoms with Crippen molar-refractivity contribution in [3.05, 3.63) is 70.3 Å². The average molecular weight is 474 g/mol. The molecule has 5 rings (SSSR count). The number of hydrogen-bond donors (Lipinski definition) is 0. The Morgan fingerprint density at radius 1 is 0.926 bits per heavy atom. The number of benzene rings is 2. The van der Waals surface area contributed by atoms with Gasteiger partial charge in [0.25, 0.3) is 0 Å². The number of halogens is 2. The zero-order valence-corrected chi connectivity index (χ0v) is 19.8. The molecule has 0 spiro atoms. The molecule has 3 aromatic rings. The Balaban J connectivity index is 0.000000871. The molecule has 0 bridgehead atoms. The van der Waals surface area contributed by atoms with Gasteiger partial charge in [0.05, 0.1) is 0 Å². The standard InChI is InChI=1S/C24H23.2ClH.Zr/c1-3-15-9-10-19(17(15)4-2)24-14-23-18-8-6-5-7-16(18)13-22(23)20-11-12-21(20)24;;;/h5-9,13-14H,3-4,10-12H2,1-2H3;2*1H;/q-1;;;+3/p-2. The van der Waals surface area contributed by atoms with Crippen LogP contribution in [0.1, 0.15) is 49.8 Å². The summed E-state index contributed by atoms with van der Waals surface area (Å²) < 4.78 is 0. The van der Waals surface area contributed by atoms with E-state index in [0.29, 0.717) is 0 Å². The maximum Gasteiger partial charge on any atom is 3.00 e. The molecule has 0 unspecified atom stereocenters. The van der Waals surface area contributed by atoms with Gasteiger partial charge in [0.2, 0.25) is 0 Å². The Kier molecular flexibility index (Phi) is 7.29. The second-order valence-electron chi connectivity index (χ2n) is 7.17. The molecule has 3 aromatic carbocycles. The third-order valence-corrected chi connectivity index (χ3v) is 6.13. The van der Waals surface area contributed by atoms with E-state index < -0.39 is 0 Å². The van der Waals surface area contributed by atoms with E-state index >= 15 is 0 Å².